The van der Waals surface area contributed by atoms with Crippen molar-refractivity contribution in [1.29, 1.82) is 0 Å². The van der Waals surface area contributed by atoms with Crippen LogP contribution in [-0.2, 0) is 0 Å². The number of hydrogen-bond donors (Lipinski definition) is 2. The highest BCUT2D eigenvalue weighted by atomic mass is 79.9. The molecule has 0 bridgehead atoms. The third-order valence-corrected chi connectivity index (χ3v) is 2.39. The SMILES string of the molecule is Cc1ccc(Br)cc1C(N)CN. The van der Waals surface area contributed by atoms with Crippen LogP contribution in [0.1, 0.15) is 17.2 Å². The van der Waals surface area contributed by atoms with Crippen LogP contribution in [0.2, 0.25) is 0 Å². The van der Waals surface area contributed by atoms with E-state index in [9.17, 15) is 0 Å². The van der Waals surface area contributed by atoms with Crippen LogP contribution < -0.4 is 11.5 Å². The molecule has 1 aromatic carbocycles. The molecule has 0 aliphatic heterocycles. The lowest BCUT2D eigenvalue weighted by molar-refractivity contribution is 0.731. The first-order valence-corrected chi connectivity index (χ1v) is 4.66. The second-order valence-electron chi connectivity index (χ2n) is 2.84. The molecule has 66 valence electrons. The van der Waals surface area contributed by atoms with Gasteiger partial charge in [0, 0.05) is 17.1 Å². The Labute approximate surface area is 81.1 Å². The Balaban J connectivity index is 3.04. The molecule has 0 aliphatic rings. The molecule has 0 saturated heterocycles. The summed E-state index contributed by atoms with van der Waals surface area (Å²) >= 11 is 3.40. The minimum Gasteiger partial charge on any atom is -0.329 e. The second kappa shape index (κ2) is 4.03. The molecule has 12 heavy (non-hydrogen) atoms. The van der Waals surface area contributed by atoms with Gasteiger partial charge in [-0.25, -0.2) is 0 Å². The van der Waals surface area contributed by atoms with E-state index in [1.807, 2.05) is 25.1 Å². The van der Waals surface area contributed by atoms with Gasteiger partial charge in [-0.1, -0.05) is 22.0 Å². The van der Waals surface area contributed by atoms with Gasteiger partial charge in [0.2, 0.25) is 0 Å². The quantitative estimate of drug-likeness (QED) is 0.811. The summed E-state index contributed by atoms with van der Waals surface area (Å²) in [5.74, 6) is 0. The van der Waals surface area contributed by atoms with Gasteiger partial charge in [-0.05, 0) is 30.2 Å². The number of halogens is 1. The Morgan fingerprint density at radius 1 is 1.50 bits per heavy atom. The Hall–Kier alpha value is -0.380. The largest absolute Gasteiger partial charge is 0.329 e. The van der Waals surface area contributed by atoms with Crippen LogP contribution in [0.15, 0.2) is 22.7 Å². The zero-order chi connectivity index (χ0) is 9.14. The van der Waals surface area contributed by atoms with Crippen molar-refractivity contribution in [2.75, 3.05) is 6.54 Å². The normalized spacial score (nSPS) is 13.0. The predicted molar refractivity (Wildman–Crippen MR) is 54.9 cm³/mol. The zero-order valence-electron chi connectivity index (χ0n) is 7.05. The van der Waals surface area contributed by atoms with Crippen molar-refractivity contribution in [2.45, 2.75) is 13.0 Å². The van der Waals surface area contributed by atoms with Crippen molar-refractivity contribution in [3.8, 4) is 0 Å². The molecule has 0 heterocycles. The maximum Gasteiger partial charge on any atom is 0.0422 e. The average molecular weight is 229 g/mol. The Bertz CT molecular complexity index is 273. The van der Waals surface area contributed by atoms with Gasteiger partial charge in [-0.15, -0.1) is 0 Å². The summed E-state index contributed by atoms with van der Waals surface area (Å²) in [5, 5.41) is 0. The van der Waals surface area contributed by atoms with Crippen LogP contribution in [0.25, 0.3) is 0 Å². The van der Waals surface area contributed by atoms with Crippen molar-refractivity contribution >= 4 is 15.9 Å². The van der Waals surface area contributed by atoms with Crippen molar-refractivity contribution in [2.24, 2.45) is 11.5 Å². The first kappa shape index (κ1) is 9.71. The molecule has 0 amide bonds. The van der Waals surface area contributed by atoms with Gasteiger partial charge in [0.05, 0.1) is 0 Å². The lowest BCUT2D eigenvalue weighted by Gasteiger charge is -2.12. The van der Waals surface area contributed by atoms with Crippen LogP contribution in [0.5, 0.6) is 0 Å². The smallest absolute Gasteiger partial charge is 0.0422 e. The summed E-state index contributed by atoms with van der Waals surface area (Å²) in [6, 6.07) is 6.01. The fourth-order valence-electron chi connectivity index (χ4n) is 1.14. The minimum atomic E-state index is -0.0532. The molecular formula is C9H13BrN2. The molecule has 0 fully saturated rings. The Morgan fingerprint density at radius 3 is 2.75 bits per heavy atom. The van der Waals surface area contributed by atoms with E-state index in [1.165, 1.54) is 5.56 Å². The van der Waals surface area contributed by atoms with E-state index in [4.69, 9.17) is 11.5 Å². The lowest BCUT2D eigenvalue weighted by atomic mass is 10.0. The van der Waals surface area contributed by atoms with Crippen LogP contribution in [0.3, 0.4) is 0 Å². The van der Waals surface area contributed by atoms with E-state index in [-0.39, 0.29) is 6.04 Å². The first-order chi connectivity index (χ1) is 5.65. The Kier molecular flexibility index (Phi) is 3.26. The van der Waals surface area contributed by atoms with Crippen molar-refractivity contribution in [3.63, 3.8) is 0 Å². The summed E-state index contributed by atoms with van der Waals surface area (Å²) in [4.78, 5) is 0. The molecule has 4 N–H and O–H groups in total. The molecule has 0 saturated carbocycles. The topological polar surface area (TPSA) is 52.0 Å². The van der Waals surface area contributed by atoms with Gasteiger partial charge in [0.1, 0.15) is 0 Å². The van der Waals surface area contributed by atoms with Gasteiger partial charge in [0.15, 0.2) is 0 Å². The highest BCUT2D eigenvalue weighted by Gasteiger charge is 2.06. The monoisotopic (exact) mass is 228 g/mol. The zero-order valence-corrected chi connectivity index (χ0v) is 8.64. The lowest BCUT2D eigenvalue weighted by Crippen LogP contribution is -2.21. The standard InChI is InChI=1S/C9H13BrN2/c1-6-2-3-7(10)4-8(6)9(12)5-11/h2-4,9H,5,11-12H2,1H3. The van der Waals surface area contributed by atoms with E-state index in [0.717, 1.165) is 10.0 Å². The Morgan fingerprint density at radius 2 is 2.17 bits per heavy atom. The number of benzene rings is 1. The van der Waals surface area contributed by atoms with Crippen molar-refractivity contribution in [3.05, 3.63) is 33.8 Å². The third kappa shape index (κ3) is 2.06. The molecule has 0 radical (unpaired) electrons. The van der Waals surface area contributed by atoms with Gasteiger partial charge in [-0.3, -0.25) is 0 Å². The van der Waals surface area contributed by atoms with Crippen LogP contribution in [0, 0.1) is 6.92 Å². The molecule has 1 rings (SSSR count). The van der Waals surface area contributed by atoms with Gasteiger partial charge in [-0.2, -0.15) is 0 Å². The summed E-state index contributed by atoms with van der Waals surface area (Å²) in [6.07, 6.45) is 0. The van der Waals surface area contributed by atoms with Crippen molar-refractivity contribution in [1.82, 2.24) is 0 Å². The van der Waals surface area contributed by atoms with Crippen LogP contribution >= 0.6 is 15.9 Å². The highest BCUT2D eigenvalue weighted by Crippen LogP contribution is 2.20. The second-order valence-corrected chi connectivity index (χ2v) is 3.76. The average Bonchev–Trinajstić information content (AvgIpc) is 2.08. The molecule has 0 spiro atoms. The maximum atomic E-state index is 5.82. The number of hydrogen-bond acceptors (Lipinski definition) is 2. The van der Waals surface area contributed by atoms with Gasteiger partial charge >= 0.3 is 0 Å². The molecule has 0 aliphatic carbocycles. The molecule has 0 aromatic heterocycles. The van der Waals surface area contributed by atoms with E-state index in [2.05, 4.69) is 15.9 Å². The van der Waals surface area contributed by atoms with Crippen LogP contribution in [-0.4, -0.2) is 6.54 Å². The summed E-state index contributed by atoms with van der Waals surface area (Å²) in [6.45, 7) is 2.52. The summed E-state index contributed by atoms with van der Waals surface area (Å²) in [5.41, 5.74) is 13.6. The van der Waals surface area contributed by atoms with Gasteiger partial charge < -0.3 is 11.5 Å². The van der Waals surface area contributed by atoms with E-state index < -0.39 is 0 Å². The maximum absolute atomic E-state index is 5.82. The highest BCUT2D eigenvalue weighted by molar-refractivity contribution is 9.10. The first-order valence-electron chi connectivity index (χ1n) is 3.87. The van der Waals surface area contributed by atoms with E-state index in [0.29, 0.717) is 6.54 Å². The fourth-order valence-corrected chi connectivity index (χ4v) is 1.52. The van der Waals surface area contributed by atoms with E-state index in [1.54, 1.807) is 0 Å². The predicted octanol–water partition coefficient (Wildman–Crippen LogP) is 1.72. The number of rotatable bonds is 2. The van der Waals surface area contributed by atoms with E-state index >= 15 is 0 Å². The molecule has 2 nitrogen and oxygen atoms in total. The molecule has 1 unspecified atom stereocenters. The third-order valence-electron chi connectivity index (χ3n) is 1.89. The fraction of sp³-hybridized carbons (Fsp3) is 0.333. The molecule has 1 atom stereocenters. The van der Waals surface area contributed by atoms with Gasteiger partial charge in [0.25, 0.3) is 0 Å². The molecular weight excluding hydrogens is 216 g/mol. The van der Waals surface area contributed by atoms with Crippen LogP contribution in [0.4, 0.5) is 0 Å². The minimum absolute atomic E-state index is 0.0532. The number of nitrogens with two attached hydrogens (primary N) is 2. The van der Waals surface area contributed by atoms with Crippen molar-refractivity contribution < 1.29 is 0 Å². The summed E-state index contributed by atoms with van der Waals surface area (Å²) < 4.78 is 1.05. The summed E-state index contributed by atoms with van der Waals surface area (Å²) in [7, 11) is 0. The number of aryl methyl sites for hydroxylation is 1. The molecule has 1 aromatic rings. The molecule has 3 heteroatoms.